The standard InChI is InChI=1S/C36H53N5O5S/c1-4-5-8-17-32(42)34(44)30(21-27-15-11-7-12-16-27)39-36(46)31(23-29-24-47-25-38-29)40-35(45)28(20-26-13-9-6-10-14-26)22-33(43)41(3)19-18-37-2/h1,6,9-10,13-14,24-25,27-28,30-32,34,37,42,44H,5,7-8,11-12,15-23H2,2-3H3,(H,39,46)(H,40,45)/t28-,30+,31+,32+,34-/m1/s1. The Morgan fingerprint density at radius 2 is 1.83 bits per heavy atom. The number of hydrogen-bond acceptors (Lipinski definition) is 8. The van der Waals surface area contributed by atoms with Crippen LogP contribution in [0, 0.1) is 24.2 Å². The molecule has 0 aliphatic heterocycles. The van der Waals surface area contributed by atoms with Crippen LogP contribution in [0.3, 0.4) is 0 Å². The van der Waals surface area contributed by atoms with Gasteiger partial charge in [-0.25, -0.2) is 4.98 Å². The van der Waals surface area contributed by atoms with Crippen LogP contribution in [0.4, 0.5) is 0 Å². The van der Waals surface area contributed by atoms with Crippen LogP contribution in [0.15, 0.2) is 41.2 Å². The Morgan fingerprint density at radius 1 is 1.09 bits per heavy atom. The molecule has 0 unspecified atom stereocenters. The highest BCUT2D eigenvalue weighted by Crippen LogP contribution is 2.29. The van der Waals surface area contributed by atoms with Crippen LogP contribution in [0.5, 0.6) is 0 Å². The zero-order chi connectivity index (χ0) is 34.0. The first-order valence-corrected chi connectivity index (χ1v) is 17.9. The number of aromatic nitrogens is 1. The van der Waals surface area contributed by atoms with E-state index < -0.39 is 42.0 Å². The fraction of sp³-hybridized carbons (Fsp3) is 0.611. The highest BCUT2D eigenvalue weighted by atomic mass is 32.1. The minimum absolute atomic E-state index is 0.0150. The first kappa shape index (κ1) is 38.2. The highest BCUT2D eigenvalue weighted by molar-refractivity contribution is 7.07. The van der Waals surface area contributed by atoms with E-state index in [1.54, 1.807) is 17.5 Å². The predicted molar refractivity (Wildman–Crippen MR) is 185 cm³/mol. The Hall–Kier alpha value is -3.30. The number of terminal acetylenes is 1. The van der Waals surface area contributed by atoms with E-state index in [0.29, 0.717) is 56.8 Å². The van der Waals surface area contributed by atoms with Crippen LogP contribution >= 0.6 is 11.3 Å². The summed E-state index contributed by atoms with van der Waals surface area (Å²) in [4.78, 5) is 47.1. The predicted octanol–water partition coefficient (Wildman–Crippen LogP) is 3.08. The first-order chi connectivity index (χ1) is 22.7. The lowest BCUT2D eigenvalue weighted by Gasteiger charge is -2.33. The van der Waals surface area contributed by atoms with Gasteiger partial charge in [0.2, 0.25) is 17.7 Å². The summed E-state index contributed by atoms with van der Waals surface area (Å²) in [6, 6.07) is 7.81. The van der Waals surface area contributed by atoms with Crippen LogP contribution in [-0.2, 0) is 27.2 Å². The largest absolute Gasteiger partial charge is 0.390 e. The number of nitrogens with zero attached hydrogens (tertiary/aromatic N) is 2. The Bertz CT molecular complexity index is 1250. The van der Waals surface area contributed by atoms with E-state index >= 15 is 0 Å². The Kier molecular flexibility index (Phi) is 16.9. The monoisotopic (exact) mass is 667 g/mol. The van der Waals surface area contributed by atoms with Gasteiger partial charge in [0, 0.05) is 44.8 Å². The molecule has 5 N–H and O–H groups in total. The fourth-order valence-electron chi connectivity index (χ4n) is 6.17. The summed E-state index contributed by atoms with van der Waals surface area (Å²) in [6.45, 7) is 1.13. The third-order valence-corrected chi connectivity index (χ3v) is 9.67. The van der Waals surface area contributed by atoms with Gasteiger partial charge in [0.25, 0.3) is 0 Å². The number of amides is 3. The number of hydrogen-bond donors (Lipinski definition) is 5. The van der Waals surface area contributed by atoms with E-state index in [0.717, 1.165) is 31.2 Å². The van der Waals surface area contributed by atoms with Crippen molar-refractivity contribution in [2.75, 3.05) is 27.2 Å². The molecule has 258 valence electrons. The van der Waals surface area contributed by atoms with Gasteiger partial charge in [-0.15, -0.1) is 23.7 Å². The lowest BCUT2D eigenvalue weighted by molar-refractivity contribution is -0.136. The number of benzene rings is 1. The number of carbonyl (C=O) groups is 3. The van der Waals surface area contributed by atoms with Crippen molar-refractivity contribution in [2.45, 2.75) is 101 Å². The molecule has 0 radical (unpaired) electrons. The maximum atomic E-state index is 14.0. The van der Waals surface area contributed by atoms with Crippen LogP contribution < -0.4 is 16.0 Å². The summed E-state index contributed by atoms with van der Waals surface area (Å²) in [5.74, 6) is 1.13. The zero-order valence-corrected chi connectivity index (χ0v) is 28.7. The molecular weight excluding hydrogens is 614 g/mol. The van der Waals surface area contributed by atoms with Crippen molar-refractivity contribution in [3.05, 3.63) is 52.5 Å². The average molecular weight is 668 g/mol. The molecule has 47 heavy (non-hydrogen) atoms. The number of carbonyl (C=O) groups excluding carboxylic acids is 3. The maximum Gasteiger partial charge on any atom is 0.243 e. The third kappa shape index (κ3) is 13.4. The zero-order valence-electron chi connectivity index (χ0n) is 27.9. The Labute approximate surface area is 284 Å². The summed E-state index contributed by atoms with van der Waals surface area (Å²) in [5.41, 5.74) is 3.23. The molecule has 1 aliphatic carbocycles. The van der Waals surface area contributed by atoms with Gasteiger partial charge in [-0.05, 0) is 44.2 Å². The van der Waals surface area contributed by atoms with E-state index in [4.69, 9.17) is 6.42 Å². The molecule has 11 heteroatoms. The van der Waals surface area contributed by atoms with Crippen molar-refractivity contribution >= 4 is 29.1 Å². The molecule has 1 aromatic carbocycles. The lowest BCUT2D eigenvalue weighted by Crippen LogP contribution is -2.56. The maximum absolute atomic E-state index is 14.0. The van der Waals surface area contributed by atoms with Gasteiger partial charge in [-0.2, -0.15) is 0 Å². The summed E-state index contributed by atoms with van der Waals surface area (Å²) in [7, 11) is 3.53. The number of likely N-dealkylation sites (N-methyl/N-ethyl adjacent to an activating group) is 2. The molecule has 3 rings (SSSR count). The number of aliphatic hydroxyl groups excluding tert-OH is 2. The van der Waals surface area contributed by atoms with Crippen LogP contribution in [0.25, 0.3) is 0 Å². The third-order valence-electron chi connectivity index (χ3n) is 9.04. The van der Waals surface area contributed by atoms with Gasteiger partial charge < -0.3 is 31.1 Å². The van der Waals surface area contributed by atoms with E-state index in [1.165, 1.54) is 17.8 Å². The quantitative estimate of drug-likeness (QED) is 0.108. The highest BCUT2D eigenvalue weighted by Gasteiger charge is 2.34. The smallest absolute Gasteiger partial charge is 0.243 e. The topological polar surface area (TPSA) is 144 Å². The number of aliphatic hydroxyl groups is 2. The van der Waals surface area contributed by atoms with Crippen molar-refractivity contribution in [1.82, 2.24) is 25.8 Å². The van der Waals surface area contributed by atoms with Gasteiger partial charge in [0.15, 0.2) is 0 Å². The number of unbranched alkanes of at least 4 members (excludes halogenated alkanes) is 1. The van der Waals surface area contributed by atoms with E-state index in [-0.39, 0.29) is 18.7 Å². The second-order valence-corrected chi connectivity index (χ2v) is 13.5. The Balaban J connectivity index is 1.82. The molecule has 1 heterocycles. The van der Waals surface area contributed by atoms with E-state index in [1.807, 2.05) is 42.8 Å². The second kappa shape index (κ2) is 20.8. The van der Waals surface area contributed by atoms with Crippen molar-refractivity contribution in [1.29, 1.82) is 0 Å². The number of rotatable bonds is 20. The van der Waals surface area contributed by atoms with Crippen LogP contribution in [0.2, 0.25) is 0 Å². The SMILES string of the molecule is C#CCCC[C@H](O)[C@H](O)[C@H](CC1CCCCC1)NC(=O)[C@H](Cc1cscn1)NC(=O)[C@@H](CC(=O)N(C)CCNC)Cc1ccccc1. The van der Waals surface area contributed by atoms with Gasteiger partial charge in [0.05, 0.1) is 35.4 Å². The molecule has 2 aromatic rings. The van der Waals surface area contributed by atoms with Gasteiger partial charge in [0.1, 0.15) is 6.04 Å². The molecule has 0 saturated heterocycles. The van der Waals surface area contributed by atoms with Gasteiger partial charge in [-0.1, -0.05) is 62.4 Å². The lowest BCUT2D eigenvalue weighted by atomic mass is 9.82. The summed E-state index contributed by atoms with van der Waals surface area (Å²) in [5, 5.41) is 33.0. The summed E-state index contributed by atoms with van der Waals surface area (Å²) >= 11 is 1.40. The fourth-order valence-corrected chi connectivity index (χ4v) is 6.75. The van der Waals surface area contributed by atoms with Crippen molar-refractivity contribution in [3.8, 4) is 12.3 Å². The molecule has 1 saturated carbocycles. The van der Waals surface area contributed by atoms with Gasteiger partial charge in [-0.3, -0.25) is 14.4 Å². The molecule has 1 aliphatic rings. The molecular formula is C36H53N5O5S. The average Bonchev–Trinajstić information content (AvgIpc) is 3.60. The van der Waals surface area contributed by atoms with Crippen LogP contribution in [-0.4, -0.2) is 89.3 Å². The first-order valence-electron chi connectivity index (χ1n) is 16.9. The molecule has 0 bridgehead atoms. The normalized spacial score (nSPS) is 16.7. The van der Waals surface area contributed by atoms with Crippen molar-refractivity contribution < 1.29 is 24.6 Å². The number of nitrogens with one attached hydrogen (secondary N) is 3. The number of thiazole rings is 1. The minimum atomic E-state index is -1.19. The summed E-state index contributed by atoms with van der Waals surface area (Å²) in [6.07, 6.45) is 10.9. The van der Waals surface area contributed by atoms with E-state index in [9.17, 15) is 24.6 Å². The van der Waals surface area contributed by atoms with E-state index in [2.05, 4.69) is 26.9 Å². The van der Waals surface area contributed by atoms with Crippen LogP contribution in [0.1, 0.15) is 75.5 Å². The summed E-state index contributed by atoms with van der Waals surface area (Å²) < 4.78 is 0. The molecule has 0 spiro atoms. The minimum Gasteiger partial charge on any atom is -0.390 e. The molecule has 10 nitrogen and oxygen atoms in total. The molecule has 1 fully saturated rings. The molecule has 5 atom stereocenters. The van der Waals surface area contributed by atoms with Crippen molar-refractivity contribution in [2.24, 2.45) is 11.8 Å². The molecule has 3 amide bonds. The molecule has 1 aromatic heterocycles. The second-order valence-electron chi connectivity index (χ2n) is 12.8. The van der Waals surface area contributed by atoms with Gasteiger partial charge >= 0.3 is 0 Å². The van der Waals surface area contributed by atoms with Crippen molar-refractivity contribution in [3.63, 3.8) is 0 Å². The Morgan fingerprint density at radius 3 is 2.49 bits per heavy atom.